The summed E-state index contributed by atoms with van der Waals surface area (Å²) in [6.45, 7) is 6.25. The third-order valence-corrected chi connectivity index (χ3v) is 10.2. The van der Waals surface area contributed by atoms with Crippen molar-refractivity contribution in [3.63, 3.8) is 0 Å². The summed E-state index contributed by atoms with van der Waals surface area (Å²) in [6, 6.07) is 0. The first-order valence-corrected chi connectivity index (χ1v) is 25.7. The van der Waals surface area contributed by atoms with E-state index in [1.807, 2.05) is 30.4 Å². The minimum absolute atomic E-state index is 0.127. The monoisotopic (exact) mass is 897 g/mol. The third-order valence-electron chi connectivity index (χ3n) is 10.2. The molecule has 0 radical (unpaired) electrons. The Labute approximate surface area is 398 Å². The van der Waals surface area contributed by atoms with Gasteiger partial charge in [0.25, 0.3) is 0 Å². The molecule has 364 valence electrons. The second-order valence-corrected chi connectivity index (χ2v) is 16.4. The highest BCUT2D eigenvalue weighted by atomic mass is 16.6. The Balaban J connectivity index is 4.57. The lowest BCUT2D eigenvalue weighted by atomic mass is 10.1. The van der Waals surface area contributed by atoms with Crippen molar-refractivity contribution in [1.29, 1.82) is 0 Å². The molecule has 0 amide bonds. The summed E-state index contributed by atoms with van der Waals surface area (Å²) < 4.78 is 16.7. The van der Waals surface area contributed by atoms with Gasteiger partial charge in [-0.15, -0.1) is 0 Å². The van der Waals surface area contributed by atoms with Gasteiger partial charge in [0.2, 0.25) is 0 Å². The molecule has 6 heteroatoms. The van der Waals surface area contributed by atoms with E-state index in [0.717, 1.165) is 116 Å². The smallest absolute Gasteiger partial charge is 0.306 e. The first kappa shape index (κ1) is 60.5. The van der Waals surface area contributed by atoms with E-state index in [1.54, 1.807) is 0 Å². The van der Waals surface area contributed by atoms with E-state index in [1.165, 1.54) is 38.5 Å². The van der Waals surface area contributed by atoms with E-state index in [-0.39, 0.29) is 44.0 Å². The van der Waals surface area contributed by atoms with Crippen molar-refractivity contribution in [3.05, 3.63) is 134 Å². The van der Waals surface area contributed by atoms with Crippen molar-refractivity contribution in [2.45, 2.75) is 207 Å². The molecule has 0 saturated heterocycles. The zero-order valence-electron chi connectivity index (χ0n) is 41.4. The van der Waals surface area contributed by atoms with E-state index in [9.17, 15) is 14.4 Å². The van der Waals surface area contributed by atoms with Crippen LogP contribution in [0, 0.1) is 0 Å². The van der Waals surface area contributed by atoms with Gasteiger partial charge in [0.05, 0.1) is 0 Å². The number of allylic oxidation sites excluding steroid dienone is 22. The van der Waals surface area contributed by atoms with Gasteiger partial charge in [-0.2, -0.15) is 0 Å². The topological polar surface area (TPSA) is 78.9 Å². The number of unbranched alkanes of at least 4 members (excludes halogenated alkanes) is 14. The van der Waals surface area contributed by atoms with Crippen LogP contribution in [0.1, 0.15) is 201 Å². The summed E-state index contributed by atoms with van der Waals surface area (Å²) in [5.41, 5.74) is 0. The van der Waals surface area contributed by atoms with Crippen molar-refractivity contribution in [2.75, 3.05) is 13.2 Å². The number of rotatable bonds is 44. The largest absolute Gasteiger partial charge is 0.462 e. The minimum atomic E-state index is -0.831. The molecule has 65 heavy (non-hydrogen) atoms. The van der Waals surface area contributed by atoms with Gasteiger partial charge in [-0.1, -0.05) is 212 Å². The highest BCUT2D eigenvalue weighted by Crippen LogP contribution is 2.12. The Morgan fingerprint density at radius 1 is 0.338 bits per heavy atom. The summed E-state index contributed by atoms with van der Waals surface area (Å²) in [5, 5.41) is 0. The van der Waals surface area contributed by atoms with Crippen LogP contribution in [0.2, 0.25) is 0 Å². The molecular formula is C59H92O6. The first-order valence-electron chi connectivity index (χ1n) is 25.7. The maximum absolute atomic E-state index is 12.8. The molecule has 6 nitrogen and oxygen atoms in total. The first-order chi connectivity index (χ1) is 32.0. The highest BCUT2D eigenvalue weighted by Gasteiger charge is 2.19. The lowest BCUT2D eigenvalue weighted by Crippen LogP contribution is -2.30. The molecule has 0 spiro atoms. The summed E-state index contributed by atoms with van der Waals surface area (Å²) >= 11 is 0. The fraction of sp³-hybridized carbons (Fsp3) is 0.576. The Morgan fingerprint density at radius 2 is 0.708 bits per heavy atom. The van der Waals surface area contributed by atoms with Crippen LogP contribution in [0.5, 0.6) is 0 Å². The van der Waals surface area contributed by atoms with Gasteiger partial charge in [0.1, 0.15) is 13.2 Å². The molecule has 1 atom stereocenters. The predicted octanol–water partition coefficient (Wildman–Crippen LogP) is 17.1. The lowest BCUT2D eigenvalue weighted by Gasteiger charge is -2.18. The van der Waals surface area contributed by atoms with Crippen molar-refractivity contribution in [2.24, 2.45) is 0 Å². The molecule has 0 rings (SSSR count). The maximum Gasteiger partial charge on any atom is 0.306 e. The van der Waals surface area contributed by atoms with Crippen LogP contribution in [-0.4, -0.2) is 37.2 Å². The number of hydrogen-bond acceptors (Lipinski definition) is 6. The van der Waals surface area contributed by atoms with E-state index in [2.05, 4.69) is 124 Å². The van der Waals surface area contributed by atoms with Crippen LogP contribution in [0.4, 0.5) is 0 Å². The number of carbonyl (C=O) groups excluding carboxylic acids is 3. The molecule has 0 heterocycles. The molecule has 0 aliphatic carbocycles. The molecule has 0 fully saturated rings. The van der Waals surface area contributed by atoms with E-state index < -0.39 is 6.10 Å². The zero-order valence-corrected chi connectivity index (χ0v) is 41.4. The van der Waals surface area contributed by atoms with Crippen LogP contribution in [0.25, 0.3) is 0 Å². The second kappa shape index (κ2) is 52.2. The molecule has 0 aliphatic heterocycles. The molecule has 0 saturated carbocycles. The molecule has 0 aromatic carbocycles. The summed E-state index contributed by atoms with van der Waals surface area (Å²) in [7, 11) is 0. The Morgan fingerprint density at radius 3 is 1.23 bits per heavy atom. The van der Waals surface area contributed by atoms with Crippen molar-refractivity contribution in [3.8, 4) is 0 Å². The van der Waals surface area contributed by atoms with Crippen LogP contribution in [-0.2, 0) is 28.6 Å². The van der Waals surface area contributed by atoms with Crippen molar-refractivity contribution < 1.29 is 28.6 Å². The van der Waals surface area contributed by atoms with Crippen LogP contribution in [0.3, 0.4) is 0 Å². The van der Waals surface area contributed by atoms with E-state index >= 15 is 0 Å². The number of esters is 3. The van der Waals surface area contributed by atoms with Crippen LogP contribution >= 0.6 is 0 Å². The number of ether oxygens (including phenoxy) is 3. The van der Waals surface area contributed by atoms with Gasteiger partial charge in [0.15, 0.2) is 6.10 Å². The normalized spacial score (nSPS) is 13.2. The Hall–Kier alpha value is -4.45. The molecule has 1 unspecified atom stereocenters. The standard InChI is InChI=1S/C59H92O6/c1-4-7-10-13-16-19-22-25-27-28-29-30-32-34-37-40-43-46-49-52-58(61)64-55-56(54-63-57(60)51-48-45-42-39-36-33-24-21-18-15-12-9-6-3)65-59(62)53-50-47-44-41-38-35-31-26-23-20-17-14-11-8-5-2/h7-8,10-11,14,16-17,19-20,23,25-27,29-31,33-34,36-37,42,45,56H,4-6,9,12-13,15,18,21-22,24,28,32,35,38-41,43-44,46-55H2,1-3H3/b10-7+,11-8+,17-14+,19-16+,23-20+,27-25+,30-29+,31-26+,36-33+,37-34+,45-42+. The van der Waals surface area contributed by atoms with Crippen LogP contribution in [0.15, 0.2) is 134 Å². The average Bonchev–Trinajstić information content (AvgIpc) is 3.30. The average molecular weight is 897 g/mol. The van der Waals surface area contributed by atoms with Gasteiger partial charge in [-0.05, 0) is 103 Å². The maximum atomic E-state index is 12.8. The fourth-order valence-corrected chi connectivity index (χ4v) is 6.41. The van der Waals surface area contributed by atoms with Gasteiger partial charge < -0.3 is 14.2 Å². The van der Waals surface area contributed by atoms with E-state index in [0.29, 0.717) is 12.8 Å². The third kappa shape index (κ3) is 50.4. The van der Waals surface area contributed by atoms with Gasteiger partial charge >= 0.3 is 17.9 Å². The fourth-order valence-electron chi connectivity index (χ4n) is 6.41. The van der Waals surface area contributed by atoms with Gasteiger partial charge in [-0.25, -0.2) is 0 Å². The molecular weight excluding hydrogens is 805 g/mol. The SMILES string of the molecule is CC/C=C/C=C/C=C/C=C/CCCCCCCC(=O)OC(COC(=O)CC/C=C/C/C=C/CCCCCCCC)COC(=O)CCCCC/C=C/C/C=C/C/C=C/C/C=C/C/C=C/CC. The van der Waals surface area contributed by atoms with Gasteiger partial charge in [0, 0.05) is 19.3 Å². The number of carbonyl (C=O) groups is 3. The van der Waals surface area contributed by atoms with Crippen molar-refractivity contribution >= 4 is 17.9 Å². The van der Waals surface area contributed by atoms with E-state index in [4.69, 9.17) is 14.2 Å². The number of hydrogen-bond donors (Lipinski definition) is 0. The molecule has 0 N–H and O–H groups in total. The zero-order chi connectivity index (χ0) is 47.2. The molecule has 0 aromatic heterocycles. The minimum Gasteiger partial charge on any atom is -0.462 e. The summed E-state index contributed by atoms with van der Waals surface area (Å²) in [4.78, 5) is 37.9. The molecule has 0 aromatic rings. The lowest BCUT2D eigenvalue weighted by molar-refractivity contribution is -0.166. The summed E-state index contributed by atoms with van der Waals surface area (Å²) in [5.74, 6) is -1.06. The Bertz CT molecular complexity index is 1450. The van der Waals surface area contributed by atoms with Gasteiger partial charge in [-0.3, -0.25) is 14.4 Å². The quantitative estimate of drug-likeness (QED) is 0.0199. The van der Waals surface area contributed by atoms with Crippen molar-refractivity contribution in [1.82, 2.24) is 0 Å². The summed E-state index contributed by atoms with van der Waals surface area (Å²) in [6.07, 6.45) is 73.0. The molecule has 0 bridgehead atoms. The Kier molecular flexibility index (Phi) is 48.6. The highest BCUT2D eigenvalue weighted by molar-refractivity contribution is 5.71. The van der Waals surface area contributed by atoms with Crippen LogP contribution < -0.4 is 0 Å². The molecule has 0 aliphatic rings. The predicted molar refractivity (Wildman–Crippen MR) is 279 cm³/mol. The second-order valence-electron chi connectivity index (χ2n) is 16.4.